The summed E-state index contributed by atoms with van der Waals surface area (Å²) >= 11 is 0. The third-order valence-electron chi connectivity index (χ3n) is 1.74. The van der Waals surface area contributed by atoms with Crippen LogP contribution in [0.1, 0.15) is 5.56 Å². The minimum absolute atomic E-state index is 0.00745. The van der Waals surface area contributed by atoms with Gasteiger partial charge in [0.05, 0.1) is 5.75 Å². The molecule has 4 heteroatoms. The molecule has 0 atom stereocenters. The van der Waals surface area contributed by atoms with Crippen LogP contribution in [0.3, 0.4) is 0 Å². The molecule has 0 unspecified atom stereocenters. The summed E-state index contributed by atoms with van der Waals surface area (Å²) < 4.78 is 21.8. The van der Waals surface area contributed by atoms with E-state index in [1.807, 2.05) is 30.3 Å². The summed E-state index contributed by atoms with van der Waals surface area (Å²) in [5.41, 5.74) is 0.972. The van der Waals surface area contributed by atoms with Crippen molar-refractivity contribution >= 4 is 9.84 Å². The van der Waals surface area contributed by atoms with Gasteiger partial charge in [0, 0.05) is 0 Å². The van der Waals surface area contributed by atoms with Gasteiger partial charge in [-0.15, -0.1) is 0 Å². The summed E-state index contributed by atoms with van der Waals surface area (Å²) in [6.45, 7) is 0. The molecule has 1 rings (SSSR count). The SMILES string of the molecule is O=S(=O)(CO)CCc1ccccc1. The maximum atomic E-state index is 10.9. The van der Waals surface area contributed by atoms with Gasteiger partial charge in [-0.05, 0) is 12.0 Å². The molecule has 0 fully saturated rings. The van der Waals surface area contributed by atoms with E-state index >= 15 is 0 Å². The molecule has 0 amide bonds. The Labute approximate surface area is 77.9 Å². The summed E-state index contributed by atoms with van der Waals surface area (Å²) in [7, 11) is -3.26. The maximum absolute atomic E-state index is 10.9. The van der Waals surface area contributed by atoms with Gasteiger partial charge in [-0.3, -0.25) is 0 Å². The van der Waals surface area contributed by atoms with E-state index in [1.54, 1.807) is 0 Å². The summed E-state index contributed by atoms with van der Waals surface area (Å²) in [6.07, 6.45) is 0.462. The first-order valence-corrected chi connectivity index (χ1v) is 5.81. The van der Waals surface area contributed by atoms with Crippen molar-refractivity contribution in [3.8, 4) is 0 Å². The van der Waals surface area contributed by atoms with Gasteiger partial charge in [-0.1, -0.05) is 30.3 Å². The first-order valence-electron chi connectivity index (χ1n) is 3.99. The fourth-order valence-corrected chi connectivity index (χ4v) is 1.66. The average Bonchev–Trinajstić information content (AvgIpc) is 2.17. The lowest BCUT2D eigenvalue weighted by Crippen LogP contribution is -2.12. The highest BCUT2D eigenvalue weighted by atomic mass is 32.2. The van der Waals surface area contributed by atoms with E-state index in [0.717, 1.165) is 5.56 Å². The van der Waals surface area contributed by atoms with Crippen molar-refractivity contribution < 1.29 is 13.5 Å². The lowest BCUT2D eigenvalue weighted by Gasteiger charge is -2.00. The van der Waals surface area contributed by atoms with Gasteiger partial charge in [0.15, 0.2) is 9.84 Å². The van der Waals surface area contributed by atoms with Gasteiger partial charge in [0.2, 0.25) is 0 Å². The second-order valence-corrected chi connectivity index (χ2v) is 4.97. The van der Waals surface area contributed by atoms with Gasteiger partial charge in [0.25, 0.3) is 0 Å². The predicted octanol–water partition coefficient (Wildman–Crippen LogP) is 0.594. The molecule has 13 heavy (non-hydrogen) atoms. The van der Waals surface area contributed by atoms with Crippen LogP contribution in [-0.4, -0.2) is 25.2 Å². The largest absolute Gasteiger partial charge is 0.380 e. The highest BCUT2D eigenvalue weighted by molar-refractivity contribution is 7.91. The Morgan fingerprint density at radius 2 is 1.77 bits per heavy atom. The van der Waals surface area contributed by atoms with Gasteiger partial charge < -0.3 is 5.11 Å². The summed E-state index contributed by atoms with van der Waals surface area (Å²) in [6, 6.07) is 9.34. The van der Waals surface area contributed by atoms with Crippen LogP contribution in [0, 0.1) is 0 Å². The number of hydrogen-bond acceptors (Lipinski definition) is 3. The second kappa shape index (κ2) is 4.39. The average molecular weight is 200 g/mol. The monoisotopic (exact) mass is 200 g/mol. The number of aliphatic hydroxyl groups excluding tert-OH is 1. The molecule has 0 aromatic heterocycles. The van der Waals surface area contributed by atoms with E-state index in [-0.39, 0.29) is 5.75 Å². The molecule has 0 radical (unpaired) electrons. The van der Waals surface area contributed by atoms with Crippen molar-refractivity contribution in [1.29, 1.82) is 0 Å². The van der Waals surface area contributed by atoms with Crippen LogP contribution < -0.4 is 0 Å². The molecular formula is C9H12O3S. The van der Waals surface area contributed by atoms with E-state index in [1.165, 1.54) is 0 Å². The molecule has 0 heterocycles. The Kier molecular flexibility index (Phi) is 3.45. The van der Waals surface area contributed by atoms with E-state index < -0.39 is 15.8 Å². The normalized spacial score (nSPS) is 11.5. The smallest absolute Gasteiger partial charge is 0.174 e. The number of aryl methyl sites for hydroxylation is 1. The molecule has 0 bridgehead atoms. The number of aliphatic hydroxyl groups is 1. The Morgan fingerprint density at radius 3 is 2.31 bits per heavy atom. The molecule has 1 aromatic carbocycles. The van der Waals surface area contributed by atoms with Crippen molar-refractivity contribution in [1.82, 2.24) is 0 Å². The van der Waals surface area contributed by atoms with Crippen LogP contribution in [-0.2, 0) is 16.3 Å². The van der Waals surface area contributed by atoms with Crippen molar-refractivity contribution in [3.05, 3.63) is 35.9 Å². The Morgan fingerprint density at radius 1 is 1.15 bits per heavy atom. The Balaban J connectivity index is 2.54. The van der Waals surface area contributed by atoms with E-state index in [9.17, 15) is 8.42 Å². The zero-order chi connectivity index (χ0) is 9.73. The molecule has 1 aromatic rings. The Bertz CT molecular complexity index is 342. The fourth-order valence-electron chi connectivity index (χ4n) is 0.983. The van der Waals surface area contributed by atoms with Crippen molar-refractivity contribution in [2.75, 3.05) is 11.7 Å². The highest BCUT2D eigenvalue weighted by Crippen LogP contribution is 2.01. The number of rotatable bonds is 4. The van der Waals surface area contributed by atoms with Crippen molar-refractivity contribution in [2.24, 2.45) is 0 Å². The minimum atomic E-state index is -3.26. The predicted molar refractivity (Wildman–Crippen MR) is 51.0 cm³/mol. The molecule has 0 saturated carbocycles. The zero-order valence-electron chi connectivity index (χ0n) is 7.18. The summed E-state index contributed by atoms with van der Waals surface area (Å²) in [4.78, 5) is 0. The highest BCUT2D eigenvalue weighted by Gasteiger charge is 2.07. The van der Waals surface area contributed by atoms with Gasteiger partial charge in [0.1, 0.15) is 5.94 Å². The molecule has 3 nitrogen and oxygen atoms in total. The standard InChI is InChI=1S/C9H12O3S/c10-8-13(11,12)7-6-9-4-2-1-3-5-9/h1-5,10H,6-8H2. The van der Waals surface area contributed by atoms with Crippen LogP contribution in [0.5, 0.6) is 0 Å². The third-order valence-corrected chi connectivity index (χ3v) is 2.96. The number of hydrogen-bond donors (Lipinski definition) is 1. The topological polar surface area (TPSA) is 54.4 Å². The zero-order valence-corrected chi connectivity index (χ0v) is 8.00. The van der Waals surface area contributed by atoms with E-state index in [0.29, 0.717) is 6.42 Å². The molecule has 72 valence electrons. The third kappa shape index (κ3) is 3.57. The molecule has 0 spiro atoms. The fraction of sp³-hybridized carbons (Fsp3) is 0.333. The first-order chi connectivity index (χ1) is 6.14. The molecule has 0 aliphatic carbocycles. The van der Waals surface area contributed by atoms with Gasteiger partial charge in [-0.25, -0.2) is 8.42 Å². The minimum Gasteiger partial charge on any atom is -0.380 e. The molecule has 1 N–H and O–H groups in total. The van der Waals surface area contributed by atoms with Crippen LogP contribution in [0.4, 0.5) is 0 Å². The Hall–Kier alpha value is -0.870. The number of sulfone groups is 1. The first kappa shape index (κ1) is 10.2. The van der Waals surface area contributed by atoms with Gasteiger partial charge in [-0.2, -0.15) is 0 Å². The van der Waals surface area contributed by atoms with Crippen LogP contribution in [0.15, 0.2) is 30.3 Å². The quantitative estimate of drug-likeness (QED) is 0.774. The number of benzene rings is 1. The van der Waals surface area contributed by atoms with E-state index in [4.69, 9.17) is 5.11 Å². The second-order valence-electron chi connectivity index (χ2n) is 2.81. The molecule has 0 aliphatic rings. The van der Waals surface area contributed by atoms with Crippen molar-refractivity contribution in [2.45, 2.75) is 6.42 Å². The van der Waals surface area contributed by atoms with Gasteiger partial charge >= 0.3 is 0 Å². The van der Waals surface area contributed by atoms with Crippen LogP contribution >= 0.6 is 0 Å². The summed E-state index contributed by atoms with van der Waals surface area (Å²) in [5.74, 6) is -0.757. The molecule has 0 saturated heterocycles. The molecular weight excluding hydrogens is 188 g/mol. The van der Waals surface area contributed by atoms with Crippen molar-refractivity contribution in [3.63, 3.8) is 0 Å². The maximum Gasteiger partial charge on any atom is 0.174 e. The van der Waals surface area contributed by atoms with Crippen LogP contribution in [0.2, 0.25) is 0 Å². The van der Waals surface area contributed by atoms with Crippen LogP contribution in [0.25, 0.3) is 0 Å². The van der Waals surface area contributed by atoms with E-state index in [2.05, 4.69) is 0 Å². The summed E-state index contributed by atoms with van der Waals surface area (Å²) in [5, 5.41) is 8.48. The lowest BCUT2D eigenvalue weighted by atomic mass is 10.2. The lowest BCUT2D eigenvalue weighted by molar-refractivity contribution is 0.358. The molecule has 0 aliphatic heterocycles.